The molecule has 0 spiro atoms. The summed E-state index contributed by atoms with van der Waals surface area (Å²) in [6, 6.07) is 5.15. The van der Waals surface area contributed by atoms with Crippen molar-refractivity contribution in [1.29, 1.82) is 0 Å². The van der Waals surface area contributed by atoms with Gasteiger partial charge in [-0.05, 0) is 37.6 Å². The molecule has 116 valence electrons. The van der Waals surface area contributed by atoms with Crippen LogP contribution < -0.4 is 10.1 Å². The van der Waals surface area contributed by atoms with E-state index in [4.69, 9.17) is 16.3 Å². The third-order valence-corrected chi connectivity index (χ3v) is 3.87. The molecule has 1 aromatic carbocycles. The number of nitrogens with zero attached hydrogens (tertiary/aromatic N) is 1. The lowest BCUT2D eigenvalue weighted by atomic mass is 10.1. The lowest BCUT2D eigenvalue weighted by Gasteiger charge is -2.29. The fraction of sp³-hybridized carbons (Fsp3) is 0.533. The van der Waals surface area contributed by atoms with Crippen LogP contribution in [0.4, 0.5) is 5.69 Å². The summed E-state index contributed by atoms with van der Waals surface area (Å²) in [4.78, 5) is 14.0. The first-order valence-electron chi connectivity index (χ1n) is 7.12. The molecule has 1 unspecified atom stereocenters. The van der Waals surface area contributed by atoms with E-state index in [1.165, 1.54) is 0 Å². The molecule has 0 radical (unpaired) electrons. The number of carbonyl (C=O) groups excluding carboxylic acids is 1. The van der Waals surface area contributed by atoms with Crippen molar-refractivity contribution in [3.63, 3.8) is 0 Å². The maximum absolute atomic E-state index is 11.9. The smallest absolute Gasteiger partial charge is 0.225 e. The zero-order valence-corrected chi connectivity index (χ0v) is 12.9. The molecule has 1 aliphatic heterocycles. The Hall–Kier alpha value is -1.30. The number of amides is 1. The second-order valence-corrected chi connectivity index (χ2v) is 5.65. The monoisotopic (exact) mass is 312 g/mol. The van der Waals surface area contributed by atoms with E-state index in [0.717, 1.165) is 19.4 Å². The molecule has 0 bridgehead atoms. The van der Waals surface area contributed by atoms with Gasteiger partial charge in [0.05, 0.1) is 18.2 Å². The van der Waals surface area contributed by atoms with E-state index < -0.39 is 0 Å². The van der Waals surface area contributed by atoms with Crippen molar-refractivity contribution in [1.82, 2.24) is 4.90 Å². The fourth-order valence-electron chi connectivity index (χ4n) is 2.46. The second kappa shape index (κ2) is 7.64. The number of benzene rings is 1. The average Bonchev–Trinajstić information content (AvgIpc) is 2.45. The van der Waals surface area contributed by atoms with Gasteiger partial charge in [0.2, 0.25) is 5.91 Å². The van der Waals surface area contributed by atoms with Gasteiger partial charge in [-0.1, -0.05) is 11.6 Å². The largest absolute Gasteiger partial charge is 0.495 e. The Bertz CT molecular complexity index is 496. The minimum absolute atomic E-state index is 0.0590. The number of aliphatic hydroxyl groups excluding tert-OH is 1. The standard InChI is InChI=1S/C15H21ClN2O3/c1-21-14-5-4-11(9-13(14)16)17-15(20)6-8-18-7-2-3-12(19)10-18/h4-5,9,12,19H,2-3,6-8,10H2,1H3,(H,17,20). The summed E-state index contributed by atoms with van der Waals surface area (Å²) in [5, 5.41) is 12.9. The van der Waals surface area contributed by atoms with Crippen LogP contribution in [0.5, 0.6) is 5.75 Å². The number of anilines is 1. The minimum Gasteiger partial charge on any atom is -0.495 e. The number of nitrogens with one attached hydrogen (secondary N) is 1. The molecule has 1 fully saturated rings. The highest BCUT2D eigenvalue weighted by Crippen LogP contribution is 2.27. The molecular weight excluding hydrogens is 292 g/mol. The molecule has 1 heterocycles. The number of hydrogen-bond acceptors (Lipinski definition) is 4. The van der Waals surface area contributed by atoms with Gasteiger partial charge < -0.3 is 20.1 Å². The SMILES string of the molecule is COc1ccc(NC(=O)CCN2CCCC(O)C2)cc1Cl. The number of β-amino-alcohol motifs (C(OH)–C–C–N with tert-alkyl or cyclic N) is 1. The third kappa shape index (κ3) is 4.88. The third-order valence-electron chi connectivity index (χ3n) is 3.57. The minimum atomic E-state index is -0.262. The second-order valence-electron chi connectivity index (χ2n) is 5.24. The lowest BCUT2D eigenvalue weighted by Crippen LogP contribution is -2.39. The highest BCUT2D eigenvalue weighted by molar-refractivity contribution is 6.32. The predicted octanol–water partition coefficient (Wildman–Crippen LogP) is 2.13. The Labute approximate surface area is 129 Å². The summed E-state index contributed by atoms with van der Waals surface area (Å²) in [5.74, 6) is 0.522. The van der Waals surface area contributed by atoms with Gasteiger partial charge in [0.1, 0.15) is 5.75 Å². The first-order chi connectivity index (χ1) is 10.1. The highest BCUT2D eigenvalue weighted by Gasteiger charge is 2.18. The summed E-state index contributed by atoms with van der Waals surface area (Å²) in [7, 11) is 1.55. The Balaban J connectivity index is 1.80. The van der Waals surface area contributed by atoms with E-state index in [-0.39, 0.29) is 12.0 Å². The van der Waals surface area contributed by atoms with Crippen LogP contribution in [0.25, 0.3) is 0 Å². The van der Waals surface area contributed by atoms with Gasteiger partial charge in [-0.15, -0.1) is 0 Å². The summed E-state index contributed by atoms with van der Waals surface area (Å²) < 4.78 is 5.07. The summed E-state index contributed by atoms with van der Waals surface area (Å²) >= 11 is 6.02. The Kier molecular flexibility index (Phi) is 5.85. The number of halogens is 1. The van der Waals surface area contributed by atoms with Gasteiger partial charge in [0, 0.05) is 25.2 Å². The van der Waals surface area contributed by atoms with Crippen molar-refractivity contribution in [3.05, 3.63) is 23.2 Å². The molecular formula is C15H21ClN2O3. The number of ether oxygens (including phenoxy) is 1. The molecule has 1 aliphatic rings. The molecule has 2 rings (SSSR count). The topological polar surface area (TPSA) is 61.8 Å². The summed E-state index contributed by atoms with van der Waals surface area (Å²) in [5.41, 5.74) is 0.657. The number of likely N-dealkylation sites (tertiary alicyclic amines) is 1. The van der Waals surface area contributed by atoms with Crippen LogP contribution in [0.15, 0.2) is 18.2 Å². The normalized spacial score (nSPS) is 19.3. The van der Waals surface area contributed by atoms with Crippen LogP contribution in [-0.4, -0.2) is 48.8 Å². The molecule has 6 heteroatoms. The van der Waals surface area contributed by atoms with Gasteiger partial charge in [-0.3, -0.25) is 4.79 Å². The van der Waals surface area contributed by atoms with Gasteiger partial charge in [-0.25, -0.2) is 0 Å². The number of rotatable bonds is 5. The van der Waals surface area contributed by atoms with Crippen molar-refractivity contribution in [2.75, 3.05) is 32.1 Å². The van der Waals surface area contributed by atoms with E-state index in [1.807, 2.05) is 0 Å². The molecule has 0 aliphatic carbocycles. The first kappa shape index (κ1) is 16.1. The van der Waals surface area contributed by atoms with Crippen molar-refractivity contribution in [3.8, 4) is 5.75 Å². The van der Waals surface area contributed by atoms with E-state index in [1.54, 1.807) is 25.3 Å². The van der Waals surface area contributed by atoms with Crippen molar-refractivity contribution >= 4 is 23.2 Å². The fourth-order valence-corrected chi connectivity index (χ4v) is 2.72. The van der Waals surface area contributed by atoms with E-state index in [0.29, 0.717) is 36.0 Å². The number of carbonyl (C=O) groups is 1. The van der Waals surface area contributed by atoms with E-state index in [2.05, 4.69) is 10.2 Å². The van der Waals surface area contributed by atoms with Crippen LogP contribution in [-0.2, 0) is 4.79 Å². The summed E-state index contributed by atoms with van der Waals surface area (Å²) in [6.07, 6.45) is 1.97. The number of methoxy groups -OCH3 is 1. The number of piperidine rings is 1. The van der Waals surface area contributed by atoms with Crippen LogP contribution >= 0.6 is 11.6 Å². The number of hydrogen-bond donors (Lipinski definition) is 2. The van der Waals surface area contributed by atoms with E-state index >= 15 is 0 Å². The van der Waals surface area contributed by atoms with Crippen molar-refractivity contribution in [2.24, 2.45) is 0 Å². The molecule has 1 aromatic rings. The predicted molar refractivity (Wildman–Crippen MR) is 82.9 cm³/mol. The quantitative estimate of drug-likeness (QED) is 0.874. The molecule has 21 heavy (non-hydrogen) atoms. The van der Waals surface area contributed by atoms with Gasteiger partial charge in [0.25, 0.3) is 0 Å². The zero-order valence-electron chi connectivity index (χ0n) is 12.1. The lowest BCUT2D eigenvalue weighted by molar-refractivity contribution is -0.116. The van der Waals surface area contributed by atoms with E-state index in [9.17, 15) is 9.90 Å². The molecule has 1 atom stereocenters. The van der Waals surface area contributed by atoms with Crippen LogP contribution in [0.1, 0.15) is 19.3 Å². The van der Waals surface area contributed by atoms with Gasteiger partial charge in [-0.2, -0.15) is 0 Å². The maximum Gasteiger partial charge on any atom is 0.225 e. The van der Waals surface area contributed by atoms with Gasteiger partial charge >= 0.3 is 0 Å². The van der Waals surface area contributed by atoms with Crippen molar-refractivity contribution in [2.45, 2.75) is 25.4 Å². The molecule has 5 nitrogen and oxygen atoms in total. The van der Waals surface area contributed by atoms with Crippen LogP contribution in [0, 0.1) is 0 Å². The number of aliphatic hydroxyl groups is 1. The highest BCUT2D eigenvalue weighted by atomic mass is 35.5. The molecule has 1 amide bonds. The van der Waals surface area contributed by atoms with Gasteiger partial charge in [0.15, 0.2) is 0 Å². The van der Waals surface area contributed by atoms with Crippen LogP contribution in [0.2, 0.25) is 5.02 Å². The zero-order chi connectivity index (χ0) is 15.2. The Morgan fingerprint density at radius 1 is 1.57 bits per heavy atom. The molecule has 0 aromatic heterocycles. The van der Waals surface area contributed by atoms with Crippen molar-refractivity contribution < 1.29 is 14.6 Å². The Morgan fingerprint density at radius 2 is 2.38 bits per heavy atom. The molecule has 0 saturated carbocycles. The maximum atomic E-state index is 11.9. The summed E-state index contributed by atoms with van der Waals surface area (Å²) in [6.45, 7) is 2.26. The Morgan fingerprint density at radius 3 is 3.05 bits per heavy atom. The molecule has 2 N–H and O–H groups in total. The van der Waals surface area contributed by atoms with Crippen LogP contribution in [0.3, 0.4) is 0 Å². The first-order valence-corrected chi connectivity index (χ1v) is 7.50. The average molecular weight is 313 g/mol. The molecule has 1 saturated heterocycles.